The van der Waals surface area contributed by atoms with E-state index in [1.807, 2.05) is 6.92 Å². The summed E-state index contributed by atoms with van der Waals surface area (Å²) in [5.74, 6) is 0.136. The molecule has 0 aliphatic carbocycles. The molecule has 0 bridgehead atoms. The molecule has 5 nitrogen and oxygen atoms in total. The molecule has 1 aliphatic rings. The quantitative estimate of drug-likeness (QED) is 0.818. The Bertz CT molecular complexity index is 626. The molecule has 2 heterocycles. The molecule has 0 fully saturated rings. The summed E-state index contributed by atoms with van der Waals surface area (Å²) in [6.07, 6.45) is 0.524. The molecule has 0 radical (unpaired) electrons. The number of sulfonamides is 1. The van der Waals surface area contributed by atoms with Crippen LogP contribution in [0.3, 0.4) is 0 Å². The van der Waals surface area contributed by atoms with Crippen molar-refractivity contribution in [3.63, 3.8) is 0 Å². The zero-order valence-electron chi connectivity index (χ0n) is 8.50. The Morgan fingerprint density at radius 3 is 2.62 bits per heavy atom. The van der Waals surface area contributed by atoms with E-state index in [1.54, 1.807) is 0 Å². The highest BCUT2D eigenvalue weighted by Gasteiger charge is 2.32. The van der Waals surface area contributed by atoms with Gasteiger partial charge in [-0.05, 0) is 24.0 Å². The SMILES string of the molecule is C[C@H]1CCS(=O)(=O)c2sc(S(N)(=O)=O)cc21. The first-order chi connectivity index (χ1) is 7.22. The van der Waals surface area contributed by atoms with Crippen LogP contribution in [0.15, 0.2) is 14.5 Å². The average molecular weight is 281 g/mol. The van der Waals surface area contributed by atoms with Crippen LogP contribution in [0.4, 0.5) is 0 Å². The highest BCUT2D eigenvalue weighted by Crippen LogP contribution is 2.40. The summed E-state index contributed by atoms with van der Waals surface area (Å²) in [4.78, 5) is 0. The van der Waals surface area contributed by atoms with Gasteiger partial charge in [0.15, 0.2) is 9.84 Å². The molecular formula is C8H11NO4S3. The smallest absolute Gasteiger partial charge is 0.224 e. The summed E-state index contributed by atoms with van der Waals surface area (Å²) in [6.45, 7) is 1.88. The normalized spacial score (nSPS) is 24.0. The fraction of sp³-hybridized carbons (Fsp3) is 0.500. The van der Waals surface area contributed by atoms with Crippen LogP contribution in [0.1, 0.15) is 24.8 Å². The zero-order valence-corrected chi connectivity index (χ0v) is 11.0. The van der Waals surface area contributed by atoms with E-state index in [1.165, 1.54) is 6.07 Å². The van der Waals surface area contributed by atoms with Gasteiger partial charge in [0.1, 0.15) is 8.42 Å². The topological polar surface area (TPSA) is 94.3 Å². The fourth-order valence-electron chi connectivity index (χ4n) is 1.67. The molecule has 1 aromatic heterocycles. The van der Waals surface area contributed by atoms with Gasteiger partial charge in [0.2, 0.25) is 10.0 Å². The predicted molar refractivity (Wildman–Crippen MR) is 60.8 cm³/mol. The lowest BCUT2D eigenvalue weighted by Gasteiger charge is -2.17. The zero-order chi connectivity index (χ0) is 12.1. The minimum atomic E-state index is -3.82. The second-order valence-electron chi connectivity index (χ2n) is 3.86. The van der Waals surface area contributed by atoms with Gasteiger partial charge >= 0.3 is 0 Å². The predicted octanol–water partition coefficient (Wildman–Crippen LogP) is 0.676. The average Bonchev–Trinajstić information content (AvgIpc) is 2.57. The van der Waals surface area contributed by atoms with Crippen molar-refractivity contribution >= 4 is 31.2 Å². The number of primary sulfonamides is 1. The second-order valence-corrected chi connectivity index (χ2v) is 9.01. The van der Waals surface area contributed by atoms with Crippen molar-refractivity contribution in [2.75, 3.05) is 5.75 Å². The van der Waals surface area contributed by atoms with Crippen LogP contribution in [-0.4, -0.2) is 22.6 Å². The van der Waals surface area contributed by atoms with Gasteiger partial charge in [0, 0.05) is 0 Å². The van der Waals surface area contributed by atoms with Crippen molar-refractivity contribution in [3.8, 4) is 0 Å². The van der Waals surface area contributed by atoms with Gasteiger partial charge < -0.3 is 0 Å². The minimum absolute atomic E-state index is 0.0604. The molecule has 1 aliphatic heterocycles. The third-order valence-corrected chi connectivity index (χ3v) is 7.57. The maximum absolute atomic E-state index is 11.7. The highest BCUT2D eigenvalue weighted by molar-refractivity contribution is 7.95. The van der Waals surface area contributed by atoms with Gasteiger partial charge in [0.25, 0.3) is 0 Å². The van der Waals surface area contributed by atoms with E-state index in [0.29, 0.717) is 12.0 Å². The first kappa shape index (κ1) is 12.0. The summed E-state index contributed by atoms with van der Waals surface area (Å²) in [6, 6.07) is 1.39. The van der Waals surface area contributed by atoms with Crippen molar-refractivity contribution in [3.05, 3.63) is 11.6 Å². The van der Waals surface area contributed by atoms with E-state index >= 15 is 0 Å². The summed E-state index contributed by atoms with van der Waals surface area (Å²) in [5.41, 5.74) is 0.584. The number of nitrogens with two attached hydrogens (primary N) is 1. The monoisotopic (exact) mass is 281 g/mol. The Hall–Kier alpha value is -0.440. The van der Waals surface area contributed by atoms with Gasteiger partial charge in [-0.2, -0.15) is 0 Å². The van der Waals surface area contributed by atoms with Gasteiger partial charge in [-0.15, -0.1) is 11.3 Å². The molecule has 16 heavy (non-hydrogen) atoms. The van der Waals surface area contributed by atoms with E-state index in [9.17, 15) is 16.8 Å². The fourth-order valence-corrected chi connectivity index (χ4v) is 6.08. The van der Waals surface area contributed by atoms with Crippen molar-refractivity contribution in [2.45, 2.75) is 27.7 Å². The Labute approximate surface area is 98.3 Å². The van der Waals surface area contributed by atoms with Gasteiger partial charge in [0.05, 0.1) is 5.75 Å². The molecule has 0 aromatic carbocycles. The van der Waals surface area contributed by atoms with Gasteiger partial charge in [-0.1, -0.05) is 6.92 Å². The highest BCUT2D eigenvalue weighted by atomic mass is 32.3. The van der Waals surface area contributed by atoms with E-state index < -0.39 is 19.9 Å². The van der Waals surface area contributed by atoms with Crippen molar-refractivity contribution in [1.29, 1.82) is 0 Å². The van der Waals surface area contributed by atoms with Crippen molar-refractivity contribution in [2.24, 2.45) is 5.14 Å². The molecule has 0 unspecified atom stereocenters. The number of hydrogen-bond donors (Lipinski definition) is 1. The molecular weight excluding hydrogens is 270 g/mol. The molecule has 1 aromatic rings. The molecule has 2 rings (SSSR count). The van der Waals surface area contributed by atoms with Crippen LogP contribution in [0, 0.1) is 0 Å². The molecule has 0 saturated heterocycles. The lowest BCUT2D eigenvalue weighted by atomic mass is 10.0. The van der Waals surface area contributed by atoms with E-state index in [2.05, 4.69) is 0 Å². The van der Waals surface area contributed by atoms with Crippen LogP contribution < -0.4 is 5.14 Å². The number of thiophene rings is 1. The molecule has 90 valence electrons. The number of fused-ring (bicyclic) bond motifs is 1. The van der Waals surface area contributed by atoms with E-state index in [0.717, 1.165) is 11.3 Å². The standard InChI is InChI=1S/C8H11NO4S3/c1-5-2-3-15(10,11)8-6(5)4-7(14-8)16(9,12)13/h4-5H,2-3H2,1H3,(H2,9,12,13)/t5-/m0/s1. The molecule has 0 spiro atoms. The minimum Gasteiger partial charge on any atom is -0.224 e. The third kappa shape index (κ3) is 1.90. The summed E-state index contributed by atoms with van der Waals surface area (Å²) < 4.78 is 45.9. The Kier molecular flexibility index (Phi) is 2.65. The first-order valence-corrected chi connectivity index (χ1v) is 8.62. The third-order valence-electron chi connectivity index (χ3n) is 2.62. The molecule has 0 saturated carbocycles. The number of rotatable bonds is 1. The Balaban J connectivity index is 2.71. The molecule has 2 N–H and O–H groups in total. The van der Waals surface area contributed by atoms with E-state index in [-0.39, 0.29) is 20.1 Å². The Morgan fingerprint density at radius 1 is 1.50 bits per heavy atom. The van der Waals surface area contributed by atoms with Crippen molar-refractivity contribution < 1.29 is 16.8 Å². The summed E-state index contributed by atoms with van der Waals surface area (Å²) >= 11 is 0.752. The van der Waals surface area contributed by atoms with Crippen LogP contribution in [-0.2, 0) is 19.9 Å². The summed E-state index contributed by atoms with van der Waals surface area (Å²) in [7, 11) is -7.13. The van der Waals surface area contributed by atoms with Crippen molar-refractivity contribution in [1.82, 2.24) is 0 Å². The maximum Gasteiger partial charge on any atom is 0.247 e. The first-order valence-electron chi connectivity index (χ1n) is 4.61. The van der Waals surface area contributed by atoms with Crippen LogP contribution in [0.2, 0.25) is 0 Å². The molecule has 1 atom stereocenters. The lowest BCUT2D eigenvalue weighted by Crippen LogP contribution is -2.16. The van der Waals surface area contributed by atoms with Crippen LogP contribution >= 0.6 is 11.3 Å². The molecule has 8 heteroatoms. The van der Waals surface area contributed by atoms with Gasteiger partial charge in [-0.3, -0.25) is 0 Å². The lowest BCUT2D eigenvalue weighted by molar-refractivity contribution is 0.577. The van der Waals surface area contributed by atoms with Gasteiger partial charge in [-0.25, -0.2) is 22.0 Å². The van der Waals surface area contributed by atoms with E-state index in [4.69, 9.17) is 5.14 Å². The van der Waals surface area contributed by atoms with Crippen LogP contribution in [0.25, 0.3) is 0 Å². The number of sulfone groups is 1. The summed E-state index contributed by atoms with van der Waals surface area (Å²) in [5, 5.41) is 4.99. The molecule has 0 amide bonds. The largest absolute Gasteiger partial charge is 0.247 e. The van der Waals surface area contributed by atoms with Crippen LogP contribution in [0.5, 0.6) is 0 Å². The maximum atomic E-state index is 11.7. The second kappa shape index (κ2) is 3.52. The number of hydrogen-bond acceptors (Lipinski definition) is 5. The Morgan fingerprint density at radius 2 is 2.12 bits per heavy atom.